The number of hydrogen-bond donors (Lipinski definition) is 1. The molecule has 0 unspecified atom stereocenters. The van der Waals surface area contributed by atoms with Crippen molar-refractivity contribution in [1.29, 1.82) is 0 Å². The Bertz CT molecular complexity index is 1710. The van der Waals surface area contributed by atoms with Gasteiger partial charge in [0.05, 0.1) is 25.4 Å². The Morgan fingerprint density at radius 2 is 0.892 bits per heavy atom. The minimum Gasteiger partial charge on any atom is -0.870 e. The molecule has 4 saturated heterocycles. The van der Waals surface area contributed by atoms with Crippen LogP contribution in [-0.2, 0) is 72.1 Å². The summed E-state index contributed by atoms with van der Waals surface area (Å²) in [6.07, 6.45) is 16.4. The molecule has 28 heteroatoms. The van der Waals surface area contributed by atoms with Crippen LogP contribution in [0.2, 0.25) is 0 Å². The summed E-state index contributed by atoms with van der Waals surface area (Å²) in [5.74, 6) is 2.86. The third-order valence-electron chi connectivity index (χ3n) is 11.3. The van der Waals surface area contributed by atoms with E-state index in [1.165, 1.54) is 81.6 Å². The molecule has 74 heavy (non-hydrogen) atoms. The number of piperidine rings is 4. The number of rotatable bonds is 11. The predicted octanol–water partition coefficient (Wildman–Crippen LogP) is 3.01. The maximum Gasteiger partial charge on any atom is 1.00 e. The summed E-state index contributed by atoms with van der Waals surface area (Å²) in [7, 11) is -4.66. The monoisotopic (exact) mass is 1160 g/mol. The Morgan fingerprint density at radius 1 is 0.622 bits per heavy atom. The number of ether oxygens (including phenoxy) is 2. The van der Waals surface area contributed by atoms with E-state index in [-0.39, 0.29) is 74.3 Å². The summed E-state index contributed by atoms with van der Waals surface area (Å²) in [5.41, 5.74) is -0.376. The number of amides is 1. The van der Waals surface area contributed by atoms with Gasteiger partial charge < -0.3 is 30.1 Å². The van der Waals surface area contributed by atoms with Gasteiger partial charge in [0.1, 0.15) is 5.60 Å². The molecule has 0 spiro atoms. The van der Waals surface area contributed by atoms with Crippen LogP contribution < -0.4 is 24.2 Å². The standard InChI is InChI=1S/C12H23NO2.C8H15NO4S.C8H17NO2S.C7H15N.C6H15N.CH3ClO2S.3CO2.CH4.ClH.Li.H2O/c1-5-10-6-8-13(9-7-10)11(14)15-12(2,3)4;1-14(11,12)9-4-2-8(3-5-9)6-13-7-10;1-3-8-4-6-9(7-5-8)12(2,10)11;1-2-7-3-5-8-6-4-7;1-4-7(5-2)6-3;1-5(2,3)4;3*2-1-3;;;;/h10H,5-9H2,1-4H3;7-8H,2-6H2,1H3;8H,3-7H2,1-2H3;7-8H,2-6H2,1H3;4-6H2,1-3H3;1H3;;;;1H4;1H;;1H2/q;;;;;;;;;;;+1;/p-1. The summed E-state index contributed by atoms with van der Waals surface area (Å²) in [6, 6.07) is 0. The zero-order valence-corrected chi connectivity index (χ0v) is 50.0. The van der Waals surface area contributed by atoms with Gasteiger partial charge in [-0.05, 0) is 129 Å². The van der Waals surface area contributed by atoms with Crippen LogP contribution >= 0.6 is 23.1 Å². The van der Waals surface area contributed by atoms with Crippen molar-refractivity contribution < 1.29 is 97.4 Å². The predicted molar refractivity (Wildman–Crippen MR) is 282 cm³/mol. The Morgan fingerprint density at radius 3 is 1.11 bits per heavy atom. The van der Waals surface area contributed by atoms with Gasteiger partial charge in [0, 0.05) is 50.0 Å². The first-order valence-corrected chi connectivity index (χ1v) is 30.2. The average Bonchev–Trinajstić information content (AvgIpc) is 3.29. The molecule has 0 aliphatic carbocycles. The molecule has 4 fully saturated rings. The summed E-state index contributed by atoms with van der Waals surface area (Å²) in [6.45, 7) is 30.1. The van der Waals surface area contributed by atoms with Crippen LogP contribution in [-0.4, -0.2) is 183 Å². The minimum atomic E-state index is -3.19. The van der Waals surface area contributed by atoms with Crippen LogP contribution in [0.1, 0.15) is 140 Å². The van der Waals surface area contributed by atoms with E-state index in [1.807, 2.05) is 25.7 Å². The summed E-state index contributed by atoms with van der Waals surface area (Å²) in [4.78, 5) is 74.6. The van der Waals surface area contributed by atoms with Gasteiger partial charge in [0.15, 0.2) is 0 Å². The van der Waals surface area contributed by atoms with Gasteiger partial charge in [-0.1, -0.05) is 68.2 Å². The largest absolute Gasteiger partial charge is 1.00 e. The molecule has 0 radical (unpaired) electrons. The number of carbonyl (C=O) groups is 2. The Hall–Kier alpha value is -2.29. The molecule has 0 aromatic carbocycles. The molecule has 0 saturated carbocycles. The molecule has 4 aliphatic heterocycles. The average molecular weight is 1160 g/mol. The topological polar surface area (TPSA) is 312 Å². The molecule has 0 aromatic heterocycles. The third-order valence-corrected chi connectivity index (χ3v) is 13.9. The maximum absolute atomic E-state index is 11.7. The molecule has 438 valence electrons. The second kappa shape index (κ2) is 55.5. The molecular formula is C46H94Cl2LiN5O17S3. The number of hydrogen-bond acceptors (Lipinski definition) is 19. The number of halogens is 2. The molecule has 1 amide bonds. The second-order valence-corrected chi connectivity index (χ2v) is 24.5. The van der Waals surface area contributed by atoms with E-state index in [1.54, 1.807) is 4.31 Å². The van der Waals surface area contributed by atoms with Gasteiger partial charge >= 0.3 is 43.4 Å². The Balaban J connectivity index is -0.0000000960. The molecule has 0 atom stereocenters. The van der Waals surface area contributed by atoms with Crippen LogP contribution in [0.15, 0.2) is 0 Å². The molecule has 4 heterocycles. The first-order valence-electron chi connectivity index (χ1n) is 23.8. The molecule has 4 rings (SSSR count). The molecular weight excluding hydrogens is 1070 g/mol. The minimum absolute atomic E-state index is 0. The number of nitrogens with zero attached hydrogens (tertiary/aromatic N) is 4. The molecule has 0 bridgehead atoms. The number of nitrogens with one attached hydrogen (secondary N) is 1. The van der Waals surface area contributed by atoms with Crippen LogP contribution in [0.5, 0.6) is 0 Å². The Kier molecular flexibility index (Phi) is 68.3. The van der Waals surface area contributed by atoms with E-state index in [4.69, 9.17) is 33.5 Å². The molecule has 22 nitrogen and oxygen atoms in total. The first kappa shape index (κ1) is 91.2. The van der Waals surface area contributed by atoms with Gasteiger partial charge in [-0.3, -0.25) is 4.79 Å². The number of sulfonamides is 2. The van der Waals surface area contributed by atoms with Crippen LogP contribution in [0, 0.1) is 23.7 Å². The van der Waals surface area contributed by atoms with E-state index < -0.39 is 29.1 Å². The molecule has 4 aliphatic rings. The van der Waals surface area contributed by atoms with Crippen molar-refractivity contribution >= 4 is 83.2 Å². The van der Waals surface area contributed by atoms with Crippen LogP contribution in [0.4, 0.5) is 4.79 Å². The van der Waals surface area contributed by atoms with E-state index in [0.717, 1.165) is 88.7 Å². The van der Waals surface area contributed by atoms with Crippen molar-refractivity contribution in [2.75, 3.05) is 97.4 Å². The van der Waals surface area contributed by atoms with E-state index >= 15 is 0 Å². The van der Waals surface area contributed by atoms with Crippen molar-refractivity contribution in [2.45, 2.75) is 146 Å². The van der Waals surface area contributed by atoms with E-state index in [9.17, 15) is 34.8 Å². The van der Waals surface area contributed by atoms with Crippen molar-refractivity contribution in [2.24, 2.45) is 23.7 Å². The molecule has 0 aromatic rings. The van der Waals surface area contributed by atoms with Gasteiger partial charge in [0.25, 0.3) is 6.47 Å². The summed E-state index contributed by atoms with van der Waals surface area (Å²) in [5, 5.41) is 3.35. The van der Waals surface area contributed by atoms with Crippen LogP contribution in [0.3, 0.4) is 0 Å². The zero-order valence-electron chi connectivity index (χ0n) is 45.9. The number of likely N-dealkylation sites (tertiary alicyclic amines) is 1. The van der Waals surface area contributed by atoms with Crippen molar-refractivity contribution in [3.63, 3.8) is 0 Å². The van der Waals surface area contributed by atoms with Gasteiger partial charge in [0.2, 0.25) is 29.1 Å². The number of carbonyl (C=O) groups excluding carboxylic acids is 8. The SMILES string of the molecule is C.CCC1CCN(C(=O)OC(C)(C)C)CC1.CCC1CCN(S(C)(=O)=O)CC1.CCC1CCNCC1.CCN(CC)CC.CS(=O)(=O)Cl.CS(=O)(=O)N1CCC(COC=O)CC1.Cl.O=C=O.O=C=O.O=C=O.[Li+].[OH-]. The van der Waals surface area contributed by atoms with Crippen molar-refractivity contribution in [3.8, 4) is 0 Å². The van der Waals surface area contributed by atoms with Gasteiger partial charge in [-0.25, -0.2) is 38.7 Å². The fourth-order valence-electron chi connectivity index (χ4n) is 7.04. The van der Waals surface area contributed by atoms with Crippen molar-refractivity contribution in [1.82, 2.24) is 23.7 Å². The summed E-state index contributed by atoms with van der Waals surface area (Å²) < 4.78 is 76.3. The first-order chi connectivity index (χ1) is 32.5. The second-order valence-electron chi connectivity index (χ2n) is 17.5. The maximum atomic E-state index is 11.7. The van der Waals surface area contributed by atoms with Gasteiger partial charge in [-0.2, -0.15) is 28.8 Å². The normalized spacial score (nSPS) is 16.1. The smallest absolute Gasteiger partial charge is 0.870 e. The summed E-state index contributed by atoms with van der Waals surface area (Å²) >= 11 is 0. The third kappa shape index (κ3) is 62.2. The fraction of sp³-hybridized carbons (Fsp3) is 0.891. The van der Waals surface area contributed by atoms with Crippen molar-refractivity contribution in [3.05, 3.63) is 0 Å². The quantitative estimate of drug-likeness (QED) is 0.177. The van der Waals surface area contributed by atoms with E-state index in [2.05, 4.69) is 67.2 Å². The van der Waals surface area contributed by atoms with Gasteiger partial charge in [-0.15, -0.1) is 12.4 Å². The molecule has 2 N–H and O–H groups in total. The fourth-order valence-corrected chi connectivity index (χ4v) is 8.79. The zero-order chi connectivity index (χ0) is 55.4. The Labute approximate surface area is 468 Å². The van der Waals surface area contributed by atoms with Crippen LogP contribution in [0.25, 0.3) is 0 Å². The van der Waals surface area contributed by atoms with E-state index in [0.29, 0.717) is 32.1 Å².